The van der Waals surface area contributed by atoms with E-state index in [9.17, 15) is 0 Å². The van der Waals surface area contributed by atoms with E-state index in [0.717, 1.165) is 17.4 Å². The van der Waals surface area contributed by atoms with E-state index in [4.69, 9.17) is 11.6 Å². The Hall–Kier alpha value is -0.140. The Kier molecular flexibility index (Phi) is 4.68. The molecule has 2 heteroatoms. The van der Waals surface area contributed by atoms with E-state index in [-0.39, 0.29) is 0 Å². The van der Waals surface area contributed by atoms with Gasteiger partial charge in [0.1, 0.15) is 0 Å². The average Bonchev–Trinajstić information content (AvgIpc) is 2.12. The molecule has 0 atom stereocenters. The van der Waals surface area contributed by atoms with Crippen LogP contribution in [0.2, 0.25) is 0 Å². The van der Waals surface area contributed by atoms with Gasteiger partial charge in [0.15, 0.2) is 0 Å². The largest absolute Gasteiger partial charge is 0.156 e. The van der Waals surface area contributed by atoms with Crippen LogP contribution in [-0.2, 0) is 5.75 Å². The number of rotatable bonds is 4. The molecular formula is C11H15ClS. The highest BCUT2D eigenvalue weighted by Crippen LogP contribution is 2.15. The third kappa shape index (κ3) is 3.61. The van der Waals surface area contributed by atoms with E-state index in [2.05, 4.69) is 32.0 Å². The molecule has 13 heavy (non-hydrogen) atoms. The summed E-state index contributed by atoms with van der Waals surface area (Å²) in [5.74, 6) is 2.86. The maximum absolute atomic E-state index is 5.60. The van der Waals surface area contributed by atoms with Crippen LogP contribution in [0.1, 0.15) is 16.7 Å². The summed E-state index contributed by atoms with van der Waals surface area (Å²) in [7, 11) is 0. The standard InChI is InChI=1S/C11H15ClS/c1-9-3-4-11(7-10(9)2)8-13-6-5-12/h3-4,7H,5-6,8H2,1-2H3. The number of alkyl halides is 1. The van der Waals surface area contributed by atoms with Crippen LogP contribution in [0.3, 0.4) is 0 Å². The van der Waals surface area contributed by atoms with Gasteiger partial charge < -0.3 is 0 Å². The Morgan fingerprint density at radius 1 is 1.23 bits per heavy atom. The fourth-order valence-electron chi connectivity index (χ4n) is 1.14. The minimum absolute atomic E-state index is 0.746. The summed E-state index contributed by atoms with van der Waals surface area (Å²) in [6.07, 6.45) is 0. The zero-order valence-electron chi connectivity index (χ0n) is 8.14. The topological polar surface area (TPSA) is 0 Å². The maximum atomic E-state index is 5.60. The second kappa shape index (κ2) is 5.56. The lowest BCUT2D eigenvalue weighted by Gasteiger charge is -2.04. The molecule has 0 aliphatic heterocycles. The first-order chi connectivity index (χ1) is 6.24. The van der Waals surface area contributed by atoms with Crippen molar-refractivity contribution >= 4 is 23.4 Å². The van der Waals surface area contributed by atoms with E-state index in [1.807, 2.05) is 11.8 Å². The van der Waals surface area contributed by atoms with E-state index in [1.54, 1.807) is 0 Å². The van der Waals surface area contributed by atoms with Crippen molar-refractivity contribution in [1.29, 1.82) is 0 Å². The smallest absolute Gasteiger partial charge is 0.0314 e. The van der Waals surface area contributed by atoms with Gasteiger partial charge in [-0.05, 0) is 30.5 Å². The monoisotopic (exact) mass is 214 g/mol. The van der Waals surface area contributed by atoms with Gasteiger partial charge in [0.05, 0.1) is 0 Å². The average molecular weight is 215 g/mol. The Morgan fingerprint density at radius 2 is 2.00 bits per heavy atom. The van der Waals surface area contributed by atoms with Gasteiger partial charge in [-0.2, -0.15) is 11.8 Å². The quantitative estimate of drug-likeness (QED) is 0.543. The van der Waals surface area contributed by atoms with Crippen LogP contribution in [0.15, 0.2) is 18.2 Å². The SMILES string of the molecule is Cc1ccc(CSCCCl)cc1C. The lowest BCUT2D eigenvalue weighted by Crippen LogP contribution is -1.87. The van der Waals surface area contributed by atoms with Crippen molar-refractivity contribution < 1.29 is 0 Å². The summed E-state index contributed by atoms with van der Waals surface area (Å²) >= 11 is 7.49. The minimum atomic E-state index is 0.746. The predicted molar refractivity (Wildman–Crippen MR) is 62.8 cm³/mol. The normalized spacial score (nSPS) is 10.4. The van der Waals surface area contributed by atoms with Crippen molar-refractivity contribution in [2.24, 2.45) is 0 Å². The molecule has 1 rings (SSSR count). The molecule has 0 bridgehead atoms. The van der Waals surface area contributed by atoms with Crippen molar-refractivity contribution in [1.82, 2.24) is 0 Å². The van der Waals surface area contributed by atoms with E-state index in [0.29, 0.717) is 0 Å². The number of aryl methyl sites for hydroxylation is 2. The Morgan fingerprint density at radius 3 is 2.62 bits per heavy atom. The highest BCUT2D eigenvalue weighted by atomic mass is 35.5. The number of benzene rings is 1. The predicted octanol–water partition coefficient (Wildman–Crippen LogP) is 3.78. The molecule has 0 saturated heterocycles. The lowest BCUT2D eigenvalue weighted by molar-refractivity contribution is 1.28. The summed E-state index contributed by atoms with van der Waals surface area (Å²) in [6.45, 7) is 4.30. The number of hydrogen-bond acceptors (Lipinski definition) is 1. The zero-order valence-corrected chi connectivity index (χ0v) is 9.71. The fraction of sp³-hybridized carbons (Fsp3) is 0.455. The number of halogens is 1. The molecule has 0 amide bonds. The molecule has 0 aliphatic carbocycles. The summed E-state index contributed by atoms with van der Waals surface area (Å²) in [5.41, 5.74) is 4.15. The lowest BCUT2D eigenvalue weighted by atomic mass is 10.1. The van der Waals surface area contributed by atoms with Crippen LogP contribution in [0.4, 0.5) is 0 Å². The van der Waals surface area contributed by atoms with Gasteiger partial charge in [-0.3, -0.25) is 0 Å². The van der Waals surface area contributed by atoms with E-state index in [1.165, 1.54) is 16.7 Å². The van der Waals surface area contributed by atoms with Crippen LogP contribution < -0.4 is 0 Å². The summed E-state index contributed by atoms with van der Waals surface area (Å²) in [4.78, 5) is 0. The molecule has 0 aliphatic rings. The Bertz CT molecular complexity index is 271. The maximum Gasteiger partial charge on any atom is 0.0314 e. The second-order valence-corrected chi connectivity index (χ2v) is 4.64. The van der Waals surface area contributed by atoms with Gasteiger partial charge in [0, 0.05) is 17.4 Å². The molecule has 0 radical (unpaired) electrons. The number of hydrogen-bond donors (Lipinski definition) is 0. The van der Waals surface area contributed by atoms with Crippen LogP contribution in [0.25, 0.3) is 0 Å². The van der Waals surface area contributed by atoms with Gasteiger partial charge in [-0.25, -0.2) is 0 Å². The first-order valence-electron chi connectivity index (χ1n) is 4.44. The van der Waals surface area contributed by atoms with Crippen LogP contribution in [-0.4, -0.2) is 11.6 Å². The first kappa shape index (κ1) is 10.9. The molecule has 0 nitrogen and oxygen atoms in total. The van der Waals surface area contributed by atoms with Gasteiger partial charge in [-0.15, -0.1) is 11.6 Å². The highest BCUT2D eigenvalue weighted by Gasteiger charge is 1.96. The van der Waals surface area contributed by atoms with Crippen molar-refractivity contribution in [2.75, 3.05) is 11.6 Å². The van der Waals surface area contributed by atoms with Crippen molar-refractivity contribution in [2.45, 2.75) is 19.6 Å². The van der Waals surface area contributed by atoms with Gasteiger partial charge >= 0.3 is 0 Å². The second-order valence-electron chi connectivity index (χ2n) is 3.16. The summed E-state index contributed by atoms with van der Waals surface area (Å²) in [6, 6.07) is 6.64. The van der Waals surface area contributed by atoms with Gasteiger partial charge in [-0.1, -0.05) is 18.2 Å². The molecule has 1 aromatic rings. The molecule has 0 saturated carbocycles. The molecule has 72 valence electrons. The molecule has 0 heterocycles. The first-order valence-corrected chi connectivity index (χ1v) is 6.13. The summed E-state index contributed by atoms with van der Waals surface area (Å²) < 4.78 is 0. The van der Waals surface area contributed by atoms with Crippen LogP contribution in [0, 0.1) is 13.8 Å². The third-order valence-corrected chi connectivity index (χ3v) is 3.50. The number of thioether (sulfide) groups is 1. The molecule has 0 aromatic heterocycles. The molecule has 0 N–H and O–H groups in total. The van der Waals surface area contributed by atoms with Gasteiger partial charge in [0.2, 0.25) is 0 Å². The Balaban J connectivity index is 2.53. The molecule has 0 fully saturated rings. The highest BCUT2D eigenvalue weighted by molar-refractivity contribution is 7.98. The van der Waals surface area contributed by atoms with Crippen molar-refractivity contribution in [3.05, 3.63) is 34.9 Å². The van der Waals surface area contributed by atoms with E-state index >= 15 is 0 Å². The molecule has 0 spiro atoms. The Labute approximate surface area is 89.7 Å². The minimum Gasteiger partial charge on any atom is -0.156 e. The van der Waals surface area contributed by atoms with E-state index < -0.39 is 0 Å². The summed E-state index contributed by atoms with van der Waals surface area (Å²) in [5, 5.41) is 0. The third-order valence-electron chi connectivity index (χ3n) is 2.06. The fourth-order valence-corrected chi connectivity index (χ4v) is 2.13. The van der Waals surface area contributed by atoms with Crippen LogP contribution in [0.5, 0.6) is 0 Å². The molecule has 1 aromatic carbocycles. The molecule has 0 unspecified atom stereocenters. The zero-order chi connectivity index (χ0) is 9.68. The van der Waals surface area contributed by atoms with Crippen molar-refractivity contribution in [3.8, 4) is 0 Å². The van der Waals surface area contributed by atoms with Crippen molar-refractivity contribution in [3.63, 3.8) is 0 Å². The molecular weight excluding hydrogens is 200 g/mol. The van der Waals surface area contributed by atoms with Gasteiger partial charge in [0.25, 0.3) is 0 Å². The van der Waals surface area contributed by atoms with Crippen LogP contribution >= 0.6 is 23.4 Å².